The van der Waals surface area contributed by atoms with E-state index in [9.17, 15) is 8.42 Å². The summed E-state index contributed by atoms with van der Waals surface area (Å²) in [6.07, 6.45) is 1.43. The summed E-state index contributed by atoms with van der Waals surface area (Å²) < 4.78 is 38.0. The van der Waals surface area contributed by atoms with E-state index in [0.717, 1.165) is 18.8 Å². The van der Waals surface area contributed by atoms with Gasteiger partial charge in [0.05, 0.1) is 37.9 Å². The molecule has 0 spiro atoms. The number of rotatable bonds is 8. The predicted molar refractivity (Wildman–Crippen MR) is 132 cm³/mol. The zero-order valence-corrected chi connectivity index (χ0v) is 20.3. The van der Waals surface area contributed by atoms with Gasteiger partial charge in [0, 0.05) is 24.8 Å². The number of hydrogen-bond donors (Lipinski definition) is 3. The molecule has 0 bridgehead atoms. The second kappa shape index (κ2) is 10.4. The summed E-state index contributed by atoms with van der Waals surface area (Å²) >= 11 is 6.29. The van der Waals surface area contributed by atoms with Crippen molar-refractivity contribution in [1.82, 2.24) is 14.7 Å². The van der Waals surface area contributed by atoms with Crippen LogP contribution in [0.2, 0.25) is 5.02 Å². The van der Waals surface area contributed by atoms with Crippen LogP contribution in [0.15, 0.2) is 53.6 Å². The number of para-hydroxylation sites is 1. The SMILES string of the molecule is CNS(=O)(=O)c1ccccc1Nc1nc(Nc2ccc(N3CCOCC3)cc2OC)ncc1Cl. The van der Waals surface area contributed by atoms with Crippen LogP contribution >= 0.6 is 11.6 Å². The lowest BCUT2D eigenvalue weighted by Gasteiger charge is -2.29. The first-order valence-electron chi connectivity index (χ1n) is 10.5. The molecule has 34 heavy (non-hydrogen) atoms. The van der Waals surface area contributed by atoms with Crippen LogP contribution in [-0.4, -0.2) is 58.8 Å². The van der Waals surface area contributed by atoms with Gasteiger partial charge >= 0.3 is 0 Å². The molecule has 1 fully saturated rings. The van der Waals surface area contributed by atoms with Crippen LogP contribution in [0.25, 0.3) is 0 Å². The molecule has 4 rings (SSSR count). The number of nitrogens with one attached hydrogen (secondary N) is 3. The largest absolute Gasteiger partial charge is 0.494 e. The first kappa shape index (κ1) is 24.0. The molecule has 180 valence electrons. The van der Waals surface area contributed by atoms with Crippen LogP contribution in [0.3, 0.4) is 0 Å². The van der Waals surface area contributed by atoms with Crippen molar-refractivity contribution in [2.24, 2.45) is 0 Å². The summed E-state index contributed by atoms with van der Waals surface area (Å²) in [5.74, 6) is 1.14. The molecule has 0 aliphatic carbocycles. The average Bonchev–Trinajstić information content (AvgIpc) is 2.87. The fourth-order valence-corrected chi connectivity index (χ4v) is 4.50. The van der Waals surface area contributed by atoms with Gasteiger partial charge in [-0.1, -0.05) is 23.7 Å². The Bertz CT molecular complexity index is 1270. The van der Waals surface area contributed by atoms with Gasteiger partial charge < -0.3 is 25.0 Å². The Morgan fingerprint density at radius 3 is 2.59 bits per heavy atom. The molecule has 0 radical (unpaired) electrons. The summed E-state index contributed by atoms with van der Waals surface area (Å²) in [7, 11) is -0.740. The highest BCUT2D eigenvalue weighted by Gasteiger charge is 2.18. The zero-order chi connectivity index (χ0) is 24.1. The van der Waals surface area contributed by atoms with Crippen molar-refractivity contribution in [2.75, 3.05) is 56.0 Å². The van der Waals surface area contributed by atoms with Crippen LogP contribution in [0.4, 0.5) is 28.8 Å². The van der Waals surface area contributed by atoms with E-state index in [1.165, 1.54) is 19.3 Å². The van der Waals surface area contributed by atoms with Gasteiger partial charge in [-0.2, -0.15) is 4.98 Å². The van der Waals surface area contributed by atoms with E-state index < -0.39 is 10.0 Å². The van der Waals surface area contributed by atoms with Gasteiger partial charge in [0.1, 0.15) is 15.7 Å². The number of ether oxygens (including phenoxy) is 2. The third-order valence-electron chi connectivity index (χ3n) is 5.25. The standard InChI is InChI=1S/C22H25ClN6O4S/c1-24-34(30,31)20-6-4-3-5-18(20)26-21-16(23)14-25-22(28-21)27-17-8-7-15(13-19(17)32-2)29-9-11-33-12-10-29/h3-8,13-14,24H,9-12H2,1-2H3,(H2,25,26,27,28). The highest BCUT2D eigenvalue weighted by Crippen LogP contribution is 2.33. The fraction of sp³-hybridized carbons (Fsp3) is 0.273. The van der Waals surface area contributed by atoms with Crippen molar-refractivity contribution in [1.29, 1.82) is 0 Å². The first-order valence-corrected chi connectivity index (χ1v) is 12.4. The van der Waals surface area contributed by atoms with Crippen molar-refractivity contribution in [3.8, 4) is 5.75 Å². The lowest BCUT2D eigenvalue weighted by Crippen LogP contribution is -2.36. The molecule has 1 saturated heterocycles. The Kier molecular flexibility index (Phi) is 7.37. The van der Waals surface area contributed by atoms with E-state index >= 15 is 0 Å². The van der Waals surface area contributed by atoms with Gasteiger partial charge in [-0.3, -0.25) is 0 Å². The van der Waals surface area contributed by atoms with Crippen LogP contribution in [0.5, 0.6) is 5.75 Å². The van der Waals surface area contributed by atoms with E-state index in [0.29, 0.717) is 30.3 Å². The topological polar surface area (TPSA) is 118 Å². The lowest BCUT2D eigenvalue weighted by atomic mass is 10.2. The van der Waals surface area contributed by atoms with Crippen LogP contribution in [0, 0.1) is 0 Å². The van der Waals surface area contributed by atoms with Crippen LogP contribution in [-0.2, 0) is 14.8 Å². The molecule has 1 aliphatic rings. The zero-order valence-electron chi connectivity index (χ0n) is 18.7. The summed E-state index contributed by atoms with van der Waals surface area (Å²) in [4.78, 5) is 11.0. The van der Waals surface area contributed by atoms with E-state index in [4.69, 9.17) is 21.1 Å². The minimum absolute atomic E-state index is 0.0714. The first-order chi connectivity index (χ1) is 16.4. The van der Waals surface area contributed by atoms with Gasteiger partial charge in [0.25, 0.3) is 0 Å². The number of halogens is 1. The number of aromatic nitrogens is 2. The summed E-state index contributed by atoms with van der Waals surface area (Å²) in [6.45, 7) is 3.01. The number of sulfonamides is 1. The second-order valence-corrected chi connectivity index (χ2v) is 9.59. The van der Waals surface area contributed by atoms with Crippen molar-refractivity contribution in [2.45, 2.75) is 4.90 Å². The molecule has 0 atom stereocenters. The molecule has 10 nitrogen and oxygen atoms in total. The molecule has 1 aliphatic heterocycles. The molecule has 3 aromatic rings. The lowest BCUT2D eigenvalue weighted by molar-refractivity contribution is 0.122. The molecule has 0 amide bonds. The molecule has 1 aromatic heterocycles. The summed E-state index contributed by atoms with van der Waals surface area (Å²) in [5, 5.41) is 6.37. The number of morpholine rings is 1. The van der Waals surface area contributed by atoms with Crippen LogP contribution < -0.4 is 25.0 Å². The maximum atomic E-state index is 12.4. The van der Waals surface area contributed by atoms with Gasteiger partial charge in [0.15, 0.2) is 5.82 Å². The molecule has 0 unspecified atom stereocenters. The maximum Gasteiger partial charge on any atom is 0.242 e. The van der Waals surface area contributed by atoms with E-state index in [1.807, 2.05) is 18.2 Å². The molecule has 12 heteroatoms. The minimum atomic E-state index is -3.69. The Morgan fingerprint density at radius 1 is 1.09 bits per heavy atom. The highest BCUT2D eigenvalue weighted by molar-refractivity contribution is 7.89. The second-order valence-electron chi connectivity index (χ2n) is 7.33. The van der Waals surface area contributed by atoms with Gasteiger partial charge in [-0.05, 0) is 31.3 Å². The summed E-state index contributed by atoms with van der Waals surface area (Å²) in [6, 6.07) is 12.3. The average molecular weight is 505 g/mol. The Hall–Kier alpha value is -3.12. The third-order valence-corrected chi connectivity index (χ3v) is 7.00. The molecule has 2 aromatic carbocycles. The van der Waals surface area contributed by atoms with Crippen molar-refractivity contribution in [3.63, 3.8) is 0 Å². The molecular weight excluding hydrogens is 480 g/mol. The predicted octanol–water partition coefficient (Wildman–Crippen LogP) is 3.37. The fourth-order valence-electron chi connectivity index (χ4n) is 3.48. The number of methoxy groups -OCH3 is 1. The van der Waals surface area contributed by atoms with Crippen molar-refractivity contribution in [3.05, 3.63) is 53.7 Å². The molecule has 2 heterocycles. The Balaban J connectivity index is 1.59. The number of anilines is 5. The number of hydrogen-bond acceptors (Lipinski definition) is 9. The molecule has 3 N–H and O–H groups in total. The third kappa shape index (κ3) is 5.33. The quantitative estimate of drug-likeness (QED) is 0.424. The van der Waals surface area contributed by atoms with Gasteiger partial charge in [-0.15, -0.1) is 0 Å². The Labute approximate surface area is 203 Å². The molecule has 0 saturated carbocycles. The monoisotopic (exact) mass is 504 g/mol. The van der Waals surface area contributed by atoms with E-state index in [2.05, 4.69) is 30.2 Å². The van der Waals surface area contributed by atoms with Gasteiger partial charge in [0.2, 0.25) is 16.0 Å². The number of nitrogens with zero attached hydrogens (tertiary/aromatic N) is 3. The maximum absolute atomic E-state index is 12.4. The van der Waals surface area contributed by atoms with Crippen molar-refractivity contribution < 1.29 is 17.9 Å². The normalized spacial score (nSPS) is 14.0. The van der Waals surface area contributed by atoms with Crippen molar-refractivity contribution >= 4 is 50.5 Å². The molecular formula is C22H25ClN6O4S. The summed E-state index contributed by atoms with van der Waals surface area (Å²) in [5.41, 5.74) is 2.04. The minimum Gasteiger partial charge on any atom is -0.494 e. The Morgan fingerprint density at radius 2 is 1.85 bits per heavy atom. The van der Waals surface area contributed by atoms with E-state index in [1.54, 1.807) is 25.3 Å². The number of benzene rings is 2. The van der Waals surface area contributed by atoms with E-state index in [-0.39, 0.29) is 21.7 Å². The highest BCUT2D eigenvalue weighted by atomic mass is 35.5. The van der Waals surface area contributed by atoms with Gasteiger partial charge in [-0.25, -0.2) is 18.1 Å². The smallest absolute Gasteiger partial charge is 0.242 e. The van der Waals surface area contributed by atoms with Crippen LogP contribution in [0.1, 0.15) is 0 Å².